The van der Waals surface area contributed by atoms with E-state index in [0.29, 0.717) is 6.42 Å². The predicted octanol–water partition coefficient (Wildman–Crippen LogP) is 3.51. The van der Waals surface area contributed by atoms with Crippen LogP contribution >= 0.6 is 23.2 Å². The Bertz CT molecular complexity index is 502. The fraction of sp³-hybridized carbons (Fsp3) is 0.333. The molecule has 0 aliphatic heterocycles. The summed E-state index contributed by atoms with van der Waals surface area (Å²) in [5.41, 5.74) is 0.0670. The summed E-state index contributed by atoms with van der Waals surface area (Å²) in [4.78, 5) is 22.3. The van der Waals surface area contributed by atoms with Crippen LogP contribution in [0.2, 0.25) is 10.0 Å². The van der Waals surface area contributed by atoms with Crippen LogP contribution in [0, 0.1) is 5.82 Å². The van der Waals surface area contributed by atoms with E-state index in [1.807, 2.05) is 0 Å². The lowest BCUT2D eigenvalue weighted by molar-refractivity contribution is -0.137. The van der Waals surface area contributed by atoms with Crippen LogP contribution in [0.4, 0.5) is 14.9 Å². The number of benzene rings is 1. The van der Waals surface area contributed by atoms with Crippen molar-refractivity contribution in [2.75, 3.05) is 5.32 Å². The van der Waals surface area contributed by atoms with E-state index in [0.717, 1.165) is 12.1 Å². The lowest BCUT2D eigenvalue weighted by Crippen LogP contribution is -2.39. The Morgan fingerprint density at radius 3 is 2.35 bits per heavy atom. The van der Waals surface area contributed by atoms with Crippen LogP contribution in [0.25, 0.3) is 0 Å². The molecule has 0 saturated heterocycles. The Kier molecular flexibility index (Phi) is 6.04. The monoisotopic (exact) mass is 322 g/mol. The summed E-state index contributed by atoms with van der Waals surface area (Å²) >= 11 is 11.5. The van der Waals surface area contributed by atoms with Crippen molar-refractivity contribution in [1.82, 2.24) is 5.32 Å². The van der Waals surface area contributed by atoms with Crippen LogP contribution < -0.4 is 10.6 Å². The third kappa shape index (κ3) is 4.86. The summed E-state index contributed by atoms with van der Waals surface area (Å²) in [5.74, 6) is -1.64. The zero-order valence-corrected chi connectivity index (χ0v) is 12.1. The number of anilines is 1. The second-order valence-electron chi connectivity index (χ2n) is 4.05. The number of carboxylic acids is 1. The van der Waals surface area contributed by atoms with E-state index in [9.17, 15) is 14.0 Å². The number of halogens is 3. The van der Waals surface area contributed by atoms with Gasteiger partial charge in [-0.1, -0.05) is 30.1 Å². The SMILES string of the molecule is CCC(CC(=O)O)NC(=O)Nc1c(Cl)cc(F)cc1Cl. The van der Waals surface area contributed by atoms with Crippen LogP contribution in [0.15, 0.2) is 12.1 Å². The highest BCUT2D eigenvalue weighted by atomic mass is 35.5. The van der Waals surface area contributed by atoms with Crippen molar-refractivity contribution in [2.45, 2.75) is 25.8 Å². The molecule has 1 aromatic rings. The van der Waals surface area contributed by atoms with Gasteiger partial charge < -0.3 is 15.7 Å². The van der Waals surface area contributed by atoms with Gasteiger partial charge in [0.05, 0.1) is 22.2 Å². The van der Waals surface area contributed by atoms with Crippen molar-refractivity contribution >= 4 is 40.9 Å². The molecule has 0 bridgehead atoms. The first-order valence-corrected chi connectivity index (χ1v) is 6.53. The molecule has 0 saturated carbocycles. The first-order valence-electron chi connectivity index (χ1n) is 5.77. The van der Waals surface area contributed by atoms with Gasteiger partial charge in [-0.25, -0.2) is 9.18 Å². The number of carbonyl (C=O) groups is 2. The number of urea groups is 1. The molecule has 0 aromatic heterocycles. The molecule has 0 fully saturated rings. The summed E-state index contributed by atoms with van der Waals surface area (Å²) in [6.45, 7) is 1.74. The summed E-state index contributed by atoms with van der Waals surface area (Å²) in [5, 5.41) is 13.4. The van der Waals surface area contributed by atoms with Gasteiger partial charge in [-0.15, -0.1) is 0 Å². The minimum atomic E-state index is -1.02. The highest BCUT2D eigenvalue weighted by Gasteiger charge is 2.16. The smallest absolute Gasteiger partial charge is 0.319 e. The van der Waals surface area contributed by atoms with Crippen molar-refractivity contribution in [3.63, 3.8) is 0 Å². The quantitative estimate of drug-likeness (QED) is 0.776. The van der Waals surface area contributed by atoms with Crippen molar-refractivity contribution in [2.24, 2.45) is 0 Å². The van der Waals surface area contributed by atoms with Gasteiger partial charge in [0.25, 0.3) is 0 Å². The maximum Gasteiger partial charge on any atom is 0.319 e. The molecule has 3 N–H and O–H groups in total. The minimum Gasteiger partial charge on any atom is -0.481 e. The van der Waals surface area contributed by atoms with E-state index in [1.54, 1.807) is 6.92 Å². The summed E-state index contributed by atoms with van der Waals surface area (Å²) < 4.78 is 13.0. The topological polar surface area (TPSA) is 78.4 Å². The molecule has 0 aliphatic rings. The Balaban J connectivity index is 2.73. The lowest BCUT2D eigenvalue weighted by atomic mass is 10.1. The van der Waals surface area contributed by atoms with E-state index >= 15 is 0 Å². The molecule has 20 heavy (non-hydrogen) atoms. The average Bonchev–Trinajstić information content (AvgIpc) is 2.32. The third-order valence-electron chi connectivity index (χ3n) is 2.49. The second kappa shape index (κ2) is 7.31. The number of hydrogen-bond acceptors (Lipinski definition) is 2. The van der Waals surface area contributed by atoms with E-state index in [4.69, 9.17) is 28.3 Å². The highest BCUT2D eigenvalue weighted by Crippen LogP contribution is 2.31. The molecular weight excluding hydrogens is 310 g/mol. The Morgan fingerprint density at radius 2 is 1.90 bits per heavy atom. The Hall–Kier alpha value is -1.53. The van der Waals surface area contributed by atoms with Gasteiger partial charge in [0.1, 0.15) is 5.82 Å². The van der Waals surface area contributed by atoms with E-state index in [-0.39, 0.29) is 22.2 Å². The summed E-state index contributed by atoms with van der Waals surface area (Å²) in [6.07, 6.45) is 0.249. The van der Waals surface area contributed by atoms with Crippen molar-refractivity contribution < 1.29 is 19.1 Å². The standard InChI is InChI=1S/C12H13Cl2FN2O3/c1-2-7(5-10(18)19)16-12(20)17-11-8(13)3-6(15)4-9(11)14/h3-4,7H,2,5H2,1H3,(H,18,19)(H2,16,17,20). The number of rotatable bonds is 5. The molecule has 1 rings (SSSR count). The number of nitrogens with one attached hydrogen (secondary N) is 2. The minimum absolute atomic E-state index is 0.0450. The number of carbonyl (C=O) groups excluding carboxylic acids is 1. The van der Waals surface area contributed by atoms with E-state index in [2.05, 4.69) is 10.6 Å². The molecule has 0 heterocycles. The van der Waals surface area contributed by atoms with Crippen LogP contribution in [0.3, 0.4) is 0 Å². The Morgan fingerprint density at radius 1 is 1.35 bits per heavy atom. The van der Waals surface area contributed by atoms with Gasteiger partial charge in [-0.2, -0.15) is 0 Å². The zero-order chi connectivity index (χ0) is 15.3. The third-order valence-corrected chi connectivity index (χ3v) is 3.09. The van der Waals surface area contributed by atoms with Crippen LogP contribution in [0.5, 0.6) is 0 Å². The van der Waals surface area contributed by atoms with E-state index in [1.165, 1.54) is 0 Å². The molecular formula is C12H13Cl2FN2O3. The molecule has 5 nitrogen and oxygen atoms in total. The van der Waals surface area contributed by atoms with Crippen molar-refractivity contribution in [1.29, 1.82) is 0 Å². The molecule has 1 unspecified atom stereocenters. The summed E-state index contributed by atoms with van der Waals surface area (Å²) in [6, 6.07) is 0.842. The second-order valence-corrected chi connectivity index (χ2v) is 4.86. The molecule has 0 radical (unpaired) electrons. The fourth-order valence-electron chi connectivity index (χ4n) is 1.50. The first kappa shape index (κ1) is 16.5. The largest absolute Gasteiger partial charge is 0.481 e. The maximum absolute atomic E-state index is 13.0. The van der Waals surface area contributed by atoms with Crippen molar-refractivity contribution in [3.05, 3.63) is 28.0 Å². The van der Waals surface area contributed by atoms with Gasteiger partial charge in [-0.05, 0) is 18.6 Å². The Labute approximate surface area is 125 Å². The van der Waals surface area contributed by atoms with Gasteiger partial charge >= 0.3 is 12.0 Å². The molecule has 0 aliphatic carbocycles. The van der Waals surface area contributed by atoms with Crippen LogP contribution in [0.1, 0.15) is 19.8 Å². The molecule has 8 heteroatoms. The number of aliphatic carboxylic acids is 1. The lowest BCUT2D eigenvalue weighted by Gasteiger charge is -2.16. The number of amides is 2. The summed E-state index contributed by atoms with van der Waals surface area (Å²) in [7, 11) is 0. The predicted molar refractivity (Wildman–Crippen MR) is 74.9 cm³/mol. The molecule has 0 spiro atoms. The van der Waals surface area contributed by atoms with Crippen molar-refractivity contribution in [3.8, 4) is 0 Å². The first-order chi connectivity index (χ1) is 9.33. The molecule has 1 atom stereocenters. The normalized spacial score (nSPS) is 11.8. The van der Waals surface area contributed by atoms with Gasteiger partial charge in [0.2, 0.25) is 0 Å². The zero-order valence-electron chi connectivity index (χ0n) is 10.5. The van der Waals surface area contributed by atoms with Crippen LogP contribution in [-0.2, 0) is 4.79 Å². The van der Waals surface area contributed by atoms with E-state index < -0.39 is 23.9 Å². The molecule has 1 aromatic carbocycles. The van der Waals surface area contributed by atoms with Crippen LogP contribution in [-0.4, -0.2) is 23.1 Å². The fourth-order valence-corrected chi connectivity index (χ4v) is 2.06. The van der Waals surface area contributed by atoms with Gasteiger partial charge in [0.15, 0.2) is 0 Å². The van der Waals surface area contributed by atoms with Gasteiger partial charge in [-0.3, -0.25) is 4.79 Å². The maximum atomic E-state index is 13.0. The molecule has 110 valence electrons. The average molecular weight is 323 g/mol. The van der Waals surface area contributed by atoms with Gasteiger partial charge in [0, 0.05) is 6.04 Å². The highest BCUT2D eigenvalue weighted by molar-refractivity contribution is 6.39. The number of hydrogen-bond donors (Lipinski definition) is 3. The molecule has 2 amide bonds. The number of carboxylic acid groups (broad SMARTS) is 1.